The molecule has 1 heterocycles. The number of rotatable bonds is 5. The Morgan fingerprint density at radius 3 is 2.44 bits per heavy atom. The van der Waals surface area contributed by atoms with Gasteiger partial charge in [-0.15, -0.1) is 0 Å². The van der Waals surface area contributed by atoms with Gasteiger partial charge >= 0.3 is 0 Å². The summed E-state index contributed by atoms with van der Waals surface area (Å²) in [4.78, 5) is 8.02. The van der Waals surface area contributed by atoms with E-state index in [1.807, 2.05) is 0 Å². The smallest absolute Gasteiger partial charge is 0.167 e. The summed E-state index contributed by atoms with van der Waals surface area (Å²) in [5.74, 6) is 1.02. The third kappa shape index (κ3) is 3.42. The maximum Gasteiger partial charge on any atom is 0.167 e. The molecular formula is C18H13FN2O3S. The highest BCUT2D eigenvalue weighted by molar-refractivity contribution is 7.78. The fraction of sp³-hybridized carbons (Fsp3) is 0.111. The highest BCUT2D eigenvalue weighted by Crippen LogP contribution is 2.37. The Morgan fingerprint density at radius 1 is 1.00 bits per heavy atom. The first-order valence-electron chi connectivity index (χ1n) is 7.22. The van der Waals surface area contributed by atoms with Gasteiger partial charge in [-0.3, -0.25) is 4.98 Å². The largest absolute Gasteiger partial charge is 0.493 e. The normalized spacial score (nSPS) is 10.2. The Balaban J connectivity index is 2.05. The van der Waals surface area contributed by atoms with Gasteiger partial charge in [-0.1, -0.05) is 0 Å². The Kier molecular flexibility index (Phi) is 4.88. The van der Waals surface area contributed by atoms with Crippen LogP contribution in [-0.4, -0.2) is 24.4 Å². The molecule has 126 valence electrons. The fourth-order valence-corrected chi connectivity index (χ4v) is 2.46. The molecule has 0 radical (unpaired) electrons. The molecule has 0 aliphatic rings. The number of nitrogens with zero attached hydrogens (tertiary/aromatic N) is 2. The first kappa shape index (κ1) is 16.8. The van der Waals surface area contributed by atoms with Gasteiger partial charge in [-0.05, 0) is 36.5 Å². The molecule has 0 atom stereocenters. The quantitative estimate of drug-likeness (QED) is 0.480. The Hall–Kier alpha value is -3.02. The molecule has 5 nitrogen and oxygen atoms in total. The molecule has 0 aliphatic heterocycles. The minimum atomic E-state index is -0.558. The van der Waals surface area contributed by atoms with Crippen LogP contribution in [0.5, 0.6) is 23.0 Å². The summed E-state index contributed by atoms with van der Waals surface area (Å²) in [6.07, 6.45) is 1.58. The zero-order valence-electron chi connectivity index (χ0n) is 13.4. The van der Waals surface area contributed by atoms with E-state index < -0.39 is 5.82 Å². The van der Waals surface area contributed by atoms with Gasteiger partial charge in [0.1, 0.15) is 5.75 Å². The minimum Gasteiger partial charge on any atom is -0.493 e. The molecule has 0 fully saturated rings. The molecule has 0 aliphatic carbocycles. The van der Waals surface area contributed by atoms with Gasteiger partial charge in [0.2, 0.25) is 0 Å². The molecule has 1 aromatic heterocycles. The number of pyridine rings is 1. The van der Waals surface area contributed by atoms with Gasteiger partial charge in [0.05, 0.1) is 30.6 Å². The summed E-state index contributed by atoms with van der Waals surface area (Å²) >= 11 is 4.51. The van der Waals surface area contributed by atoms with Gasteiger partial charge in [-0.25, -0.2) is 4.39 Å². The number of methoxy groups -OCH3 is 2. The van der Waals surface area contributed by atoms with Crippen LogP contribution in [0, 0.1) is 5.82 Å². The summed E-state index contributed by atoms with van der Waals surface area (Å²) in [5.41, 5.74) is 1.00. The van der Waals surface area contributed by atoms with Gasteiger partial charge in [0.15, 0.2) is 23.1 Å². The van der Waals surface area contributed by atoms with Crippen molar-refractivity contribution in [2.24, 2.45) is 4.99 Å². The first-order valence-corrected chi connectivity index (χ1v) is 7.63. The Labute approximate surface area is 148 Å². The van der Waals surface area contributed by atoms with Crippen LogP contribution < -0.4 is 14.2 Å². The molecule has 0 N–H and O–H groups in total. The van der Waals surface area contributed by atoms with E-state index >= 15 is 0 Å². The van der Waals surface area contributed by atoms with Crippen LogP contribution >= 0.6 is 12.2 Å². The van der Waals surface area contributed by atoms with Crippen LogP contribution in [0.3, 0.4) is 0 Å². The zero-order valence-corrected chi connectivity index (χ0v) is 14.3. The molecule has 25 heavy (non-hydrogen) atoms. The van der Waals surface area contributed by atoms with Gasteiger partial charge in [0.25, 0.3) is 0 Å². The SMILES string of the molecule is COc1cc2nccc(Oc3ccc(N=C=S)cc3F)c2cc1OC. The number of benzene rings is 2. The average Bonchev–Trinajstić information content (AvgIpc) is 2.63. The minimum absolute atomic E-state index is 0.0607. The molecule has 3 aromatic rings. The van der Waals surface area contributed by atoms with Crippen molar-refractivity contribution in [2.45, 2.75) is 0 Å². The van der Waals surface area contributed by atoms with Crippen molar-refractivity contribution in [1.82, 2.24) is 4.98 Å². The van der Waals surface area contributed by atoms with Crippen LogP contribution in [0.25, 0.3) is 10.9 Å². The molecule has 0 unspecified atom stereocenters. The molecule has 0 amide bonds. The van der Waals surface area contributed by atoms with E-state index in [1.165, 1.54) is 19.2 Å². The predicted octanol–water partition coefficient (Wildman–Crippen LogP) is 4.92. The highest BCUT2D eigenvalue weighted by atomic mass is 32.1. The van der Waals surface area contributed by atoms with Crippen molar-refractivity contribution in [3.8, 4) is 23.0 Å². The van der Waals surface area contributed by atoms with Gasteiger partial charge in [0, 0.05) is 23.7 Å². The lowest BCUT2D eigenvalue weighted by Crippen LogP contribution is -1.94. The second-order valence-corrected chi connectivity index (χ2v) is 5.14. The molecule has 0 bridgehead atoms. The summed E-state index contributed by atoms with van der Waals surface area (Å²) < 4.78 is 30.5. The van der Waals surface area contributed by atoms with Gasteiger partial charge < -0.3 is 14.2 Å². The zero-order chi connectivity index (χ0) is 17.8. The van der Waals surface area contributed by atoms with E-state index in [0.717, 1.165) is 0 Å². The van der Waals surface area contributed by atoms with Crippen molar-refractivity contribution in [1.29, 1.82) is 0 Å². The summed E-state index contributed by atoms with van der Waals surface area (Å²) in [7, 11) is 3.08. The van der Waals surface area contributed by atoms with Crippen LogP contribution in [-0.2, 0) is 0 Å². The molecule has 0 saturated heterocycles. The standard InChI is InChI=1S/C18H13FN2O3S/c1-22-17-8-12-14(9-18(17)23-2)20-6-5-15(12)24-16-4-3-11(21-10-25)7-13(16)19/h3-9H,1-2H3. The topological polar surface area (TPSA) is 52.9 Å². The number of aliphatic imine (C=N–C) groups is 1. The molecule has 0 spiro atoms. The maximum absolute atomic E-state index is 14.2. The lowest BCUT2D eigenvalue weighted by Gasteiger charge is -2.12. The maximum atomic E-state index is 14.2. The summed E-state index contributed by atoms with van der Waals surface area (Å²) in [5, 5.41) is 2.86. The van der Waals surface area contributed by atoms with Crippen LogP contribution in [0.2, 0.25) is 0 Å². The number of ether oxygens (including phenoxy) is 3. The van der Waals surface area contributed by atoms with E-state index in [1.54, 1.807) is 37.6 Å². The lowest BCUT2D eigenvalue weighted by atomic mass is 10.2. The van der Waals surface area contributed by atoms with E-state index in [9.17, 15) is 4.39 Å². The molecule has 2 aromatic carbocycles. The van der Waals surface area contributed by atoms with E-state index in [4.69, 9.17) is 14.2 Å². The Bertz CT molecular complexity index is 987. The average molecular weight is 356 g/mol. The molecule has 0 saturated carbocycles. The number of aromatic nitrogens is 1. The monoisotopic (exact) mass is 356 g/mol. The van der Waals surface area contributed by atoms with Crippen molar-refractivity contribution in [3.05, 3.63) is 48.4 Å². The summed E-state index contributed by atoms with van der Waals surface area (Å²) in [6.45, 7) is 0. The highest BCUT2D eigenvalue weighted by Gasteiger charge is 2.13. The fourth-order valence-electron chi connectivity index (χ4n) is 2.35. The van der Waals surface area contributed by atoms with Crippen LogP contribution in [0.1, 0.15) is 0 Å². The summed E-state index contributed by atoms with van der Waals surface area (Å²) in [6, 6.07) is 9.41. The number of fused-ring (bicyclic) bond motifs is 1. The van der Waals surface area contributed by atoms with Gasteiger partial charge in [-0.2, -0.15) is 4.99 Å². The number of hydrogen-bond donors (Lipinski definition) is 0. The first-order chi connectivity index (χ1) is 12.2. The van der Waals surface area contributed by atoms with Crippen molar-refractivity contribution in [2.75, 3.05) is 14.2 Å². The van der Waals surface area contributed by atoms with E-state index in [0.29, 0.717) is 33.8 Å². The molecular weight excluding hydrogens is 343 g/mol. The Morgan fingerprint density at radius 2 is 1.76 bits per heavy atom. The van der Waals surface area contributed by atoms with E-state index in [-0.39, 0.29) is 5.75 Å². The number of isothiocyanates is 1. The van der Waals surface area contributed by atoms with Crippen molar-refractivity contribution in [3.63, 3.8) is 0 Å². The lowest BCUT2D eigenvalue weighted by molar-refractivity contribution is 0.355. The third-order valence-corrected chi connectivity index (χ3v) is 3.61. The van der Waals surface area contributed by atoms with E-state index in [2.05, 4.69) is 27.4 Å². The van der Waals surface area contributed by atoms with Crippen LogP contribution in [0.15, 0.2) is 47.6 Å². The van der Waals surface area contributed by atoms with Crippen LogP contribution in [0.4, 0.5) is 10.1 Å². The number of halogens is 1. The van der Waals surface area contributed by atoms with Crippen molar-refractivity contribution < 1.29 is 18.6 Å². The predicted molar refractivity (Wildman–Crippen MR) is 96.0 cm³/mol. The third-order valence-electron chi connectivity index (χ3n) is 3.52. The number of thiocarbonyl (C=S) groups is 1. The molecule has 3 rings (SSSR count). The second-order valence-electron chi connectivity index (χ2n) is 4.95. The second kappa shape index (κ2) is 7.25. The van der Waals surface area contributed by atoms with Crippen molar-refractivity contribution >= 4 is 34.0 Å². The number of hydrogen-bond acceptors (Lipinski definition) is 6. The molecule has 7 heteroatoms.